The van der Waals surface area contributed by atoms with E-state index in [-0.39, 0.29) is 11.4 Å². The van der Waals surface area contributed by atoms with Gasteiger partial charge in [-0.05, 0) is 12.1 Å². The monoisotopic (exact) mass is 304 g/mol. The Morgan fingerprint density at radius 2 is 2.09 bits per heavy atom. The van der Waals surface area contributed by atoms with E-state index < -0.39 is 29.8 Å². The van der Waals surface area contributed by atoms with E-state index in [1.807, 2.05) is 6.07 Å². The fourth-order valence-corrected chi connectivity index (χ4v) is 1.22. The van der Waals surface area contributed by atoms with E-state index in [1.54, 1.807) is 0 Å². The van der Waals surface area contributed by atoms with E-state index >= 15 is 0 Å². The quantitative estimate of drug-likeness (QED) is 0.377. The number of ether oxygens (including phenoxy) is 2. The number of rotatable bonds is 5. The molecular formula is C13H12N4O5. The Bertz CT molecular complexity index is 658. The number of hydrogen-bond donors (Lipinski definition) is 1. The molecule has 0 amide bonds. The Balaban J connectivity index is 3.04. The van der Waals surface area contributed by atoms with Crippen LogP contribution in [0.1, 0.15) is 12.1 Å². The summed E-state index contributed by atoms with van der Waals surface area (Å²) in [6.45, 7) is 0. The predicted octanol–water partition coefficient (Wildman–Crippen LogP) is 1.54. The zero-order chi connectivity index (χ0) is 16.5. The number of nitrogens with zero attached hydrogens (tertiary/aromatic N) is 4. The van der Waals surface area contributed by atoms with Gasteiger partial charge in [0.2, 0.25) is 5.70 Å². The first-order chi connectivity index (χ1) is 10.5. The molecule has 1 heterocycles. The van der Waals surface area contributed by atoms with E-state index in [4.69, 9.17) is 5.26 Å². The molecule has 0 fully saturated rings. The van der Waals surface area contributed by atoms with Crippen LogP contribution in [0.2, 0.25) is 0 Å². The number of aliphatic hydroxyl groups excluding tert-OH is 1. The fraction of sp³-hybridized carbons (Fsp3) is 0.231. The van der Waals surface area contributed by atoms with Crippen LogP contribution in [0.3, 0.4) is 0 Å². The SMILES string of the molecule is COC(=O)CC(O)=C(N=Nc1ccc(C#N)nc1)C(=O)OC. The molecule has 9 heteroatoms. The molecular weight excluding hydrogens is 292 g/mol. The highest BCUT2D eigenvalue weighted by atomic mass is 16.5. The van der Waals surface area contributed by atoms with Crippen LogP contribution >= 0.6 is 0 Å². The van der Waals surface area contributed by atoms with Crippen LogP contribution in [0.5, 0.6) is 0 Å². The van der Waals surface area contributed by atoms with Gasteiger partial charge in [-0.15, -0.1) is 10.2 Å². The number of hydrogen-bond acceptors (Lipinski definition) is 9. The lowest BCUT2D eigenvalue weighted by atomic mass is 10.3. The standard InChI is InChI=1S/C13H12N4O5/c1-21-11(19)5-10(18)12(13(20)22-2)17-16-9-4-3-8(6-14)15-7-9/h3-4,7,18H,5H2,1-2H3. The molecule has 0 unspecified atom stereocenters. The molecule has 0 spiro atoms. The zero-order valence-corrected chi connectivity index (χ0v) is 11.8. The van der Waals surface area contributed by atoms with Crippen molar-refractivity contribution < 1.29 is 24.2 Å². The second-order valence-corrected chi connectivity index (χ2v) is 3.75. The smallest absolute Gasteiger partial charge is 0.362 e. The molecule has 114 valence electrons. The zero-order valence-electron chi connectivity index (χ0n) is 11.8. The van der Waals surface area contributed by atoms with E-state index in [2.05, 4.69) is 24.7 Å². The first-order valence-electron chi connectivity index (χ1n) is 5.87. The maximum Gasteiger partial charge on any atom is 0.362 e. The Morgan fingerprint density at radius 3 is 2.59 bits per heavy atom. The van der Waals surface area contributed by atoms with Crippen molar-refractivity contribution in [1.82, 2.24) is 4.98 Å². The minimum absolute atomic E-state index is 0.191. The van der Waals surface area contributed by atoms with Crippen LogP contribution in [-0.2, 0) is 19.1 Å². The second kappa shape index (κ2) is 8.11. The lowest BCUT2D eigenvalue weighted by Crippen LogP contribution is -2.09. The molecule has 0 saturated heterocycles. The van der Waals surface area contributed by atoms with Crippen molar-refractivity contribution in [2.45, 2.75) is 6.42 Å². The minimum Gasteiger partial charge on any atom is -0.509 e. The van der Waals surface area contributed by atoms with Crippen molar-refractivity contribution in [3.05, 3.63) is 35.5 Å². The topological polar surface area (TPSA) is 134 Å². The average molecular weight is 304 g/mol. The lowest BCUT2D eigenvalue weighted by molar-refractivity contribution is -0.140. The Labute approximate surface area is 125 Å². The van der Waals surface area contributed by atoms with Gasteiger partial charge >= 0.3 is 11.9 Å². The maximum absolute atomic E-state index is 11.5. The summed E-state index contributed by atoms with van der Waals surface area (Å²) < 4.78 is 8.83. The molecule has 1 aromatic heterocycles. The number of carbonyl (C=O) groups excluding carboxylic acids is 2. The van der Waals surface area contributed by atoms with Gasteiger partial charge in [0.05, 0.1) is 20.4 Å². The molecule has 0 atom stereocenters. The molecule has 1 aromatic rings. The minimum atomic E-state index is -0.966. The number of pyridine rings is 1. The number of azo groups is 1. The highest BCUT2D eigenvalue weighted by molar-refractivity contribution is 5.89. The summed E-state index contributed by atoms with van der Waals surface area (Å²) in [4.78, 5) is 26.4. The highest BCUT2D eigenvalue weighted by Gasteiger charge is 2.18. The molecule has 0 radical (unpaired) electrons. The number of aromatic nitrogens is 1. The van der Waals surface area contributed by atoms with Crippen LogP contribution < -0.4 is 0 Å². The number of nitriles is 1. The van der Waals surface area contributed by atoms with Crippen molar-refractivity contribution in [2.24, 2.45) is 10.2 Å². The third-order valence-electron chi connectivity index (χ3n) is 2.32. The summed E-state index contributed by atoms with van der Waals surface area (Å²) in [6.07, 6.45) is 0.708. The number of aliphatic hydroxyl groups is 1. The summed E-state index contributed by atoms with van der Waals surface area (Å²) >= 11 is 0. The van der Waals surface area contributed by atoms with Gasteiger partial charge in [0, 0.05) is 0 Å². The first-order valence-corrected chi connectivity index (χ1v) is 5.87. The predicted molar refractivity (Wildman–Crippen MR) is 71.8 cm³/mol. The summed E-state index contributed by atoms with van der Waals surface area (Å²) in [7, 11) is 2.23. The first kappa shape index (κ1) is 16.8. The van der Waals surface area contributed by atoms with Crippen LogP contribution in [0.15, 0.2) is 40.0 Å². The molecule has 0 saturated carbocycles. The van der Waals surface area contributed by atoms with Gasteiger partial charge in [0.25, 0.3) is 0 Å². The number of carbonyl (C=O) groups is 2. The third kappa shape index (κ3) is 4.68. The van der Waals surface area contributed by atoms with Gasteiger partial charge in [-0.2, -0.15) is 5.26 Å². The molecule has 1 rings (SSSR count). The molecule has 0 aliphatic rings. The van der Waals surface area contributed by atoms with Gasteiger partial charge in [0.15, 0.2) is 0 Å². The van der Waals surface area contributed by atoms with Crippen molar-refractivity contribution in [2.75, 3.05) is 14.2 Å². The summed E-state index contributed by atoms with van der Waals surface area (Å²) in [5.74, 6) is -2.36. The van der Waals surface area contributed by atoms with Crippen molar-refractivity contribution in [1.29, 1.82) is 5.26 Å². The van der Waals surface area contributed by atoms with E-state index in [0.717, 1.165) is 14.2 Å². The summed E-state index contributed by atoms with van der Waals surface area (Å²) in [5, 5.41) is 25.6. The van der Waals surface area contributed by atoms with Crippen molar-refractivity contribution in [3.8, 4) is 6.07 Å². The van der Waals surface area contributed by atoms with E-state index in [0.29, 0.717) is 0 Å². The number of esters is 2. The second-order valence-electron chi connectivity index (χ2n) is 3.75. The van der Waals surface area contributed by atoms with Crippen LogP contribution in [0.4, 0.5) is 5.69 Å². The van der Waals surface area contributed by atoms with E-state index in [1.165, 1.54) is 18.3 Å². The Hall–Kier alpha value is -3.28. The van der Waals surface area contributed by atoms with Gasteiger partial charge < -0.3 is 14.6 Å². The molecule has 0 aliphatic heterocycles. The van der Waals surface area contributed by atoms with Gasteiger partial charge in [0.1, 0.15) is 29.6 Å². The van der Waals surface area contributed by atoms with Crippen molar-refractivity contribution >= 4 is 17.6 Å². The van der Waals surface area contributed by atoms with Gasteiger partial charge in [-0.25, -0.2) is 9.78 Å². The maximum atomic E-state index is 11.5. The van der Waals surface area contributed by atoms with Crippen molar-refractivity contribution in [3.63, 3.8) is 0 Å². The Kier molecular flexibility index (Phi) is 6.18. The van der Waals surface area contributed by atoms with Crippen LogP contribution in [0.25, 0.3) is 0 Å². The molecule has 1 N–H and O–H groups in total. The Morgan fingerprint density at radius 1 is 1.36 bits per heavy atom. The normalized spacial score (nSPS) is 11.5. The third-order valence-corrected chi connectivity index (χ3v) is 2.32. The van der Waals surface area contributed by atoms with E-state index in [9.17, 15) is 14.7 Å². The molecule has 0 aromatic carbocycles. The van der Waals surface area contributed by atoms with Crippen LogP contribution in [-0.4, -0.2) is 36.2 Å². The largest absolute Gasteiger partial charge is 0.509 e. The summed E-state index contributed by atoms with van der Waals surface area (Å²) in [5.41, 5.74) is -0.0975. The fourth-order valence-electron chi connectivity index (χ4n) is 1.22. The highest BCUT2D eigenvalue weighted by Crippen LogP contribution is 2.16. The molecule has 22 heavy (non-hydrogen) atoms. The molecule has 9 nitrogen and oxygen atoms in total. The van der Waals surface area contributed by atoms with Gasteiger partial charge in [-0.3, -0.25) is 4.79 Å². The summed E-state index contributed by atoms with van der Waals surface area (Å²) in [6, 6.07) is 4.69. The van der Waals surface area contributed by atoms with Gasteiger partial charge in [-0.1, -0.05) is 0 Å². The molecule has 0 aliphatic carbocycles. The molecule has 0 bridgehead atoms. The average Bonchev–Trinajstić information content (AvgIpc) is 2.55. The van der Waals surface area contributed by atoms with Crippen LogP contribution in [0, 0.1) is 11.3 Å². The number of methoxy groups -OCH3 is 2. The lowest BCUT2D eigenvalue weighted by Gasteiger charge is -2.03.